The van der Waals surface area contributed by atoms with Crippen molar-refractivity contribution < 1.29 is 28.2 Å². The van der Waals surface area contributed by atoms with Gasteiger partial charge in [0.05, 0.1) is 6.61 Å². The molecule has 0 aromatic heterocycles. The number of carbonyl (C=O) groups excluding carboxylic acids is 1. The van der Waals surface area contributed by atoms with Gasteiger partial charge in [0.15, 0.2) is 5.54 Å². The van der Waals surface area contributed by atoms with E-state index in [2.05, 4.69) is 25.9 Å². The first kappa shape index (κ1) is 27.5. The van der Waals surface area contributed by atoms with Crippen molar-refractivity contribution >= 4 is 17.5 Å². The Balaban J connectivity index is 1.58. The van der Waals surface area contributed by atoms with E-state index in [1.165, 1.54) is 6.07 Å². The molecule has 0 fully saturated rings. The van der Waals surface area contributed by atoms with Crippen LogP contribution in [0.1, 0.15) is 23.1 Å². The maximum absolute atomic E-state index is 14.0. The number of azide groups is 1. The summed E-state index contributed by atoms with van der Waals surface area (Å²) in [5.74, 6) is -1.28. The van der Waals surface area contributed by atoms with Crippen molar-refractivity contribution in [3.05, 3.63) is 105 Å². The van der Waals surface area contributed by atoms with Crippen LogP contribution in [0.4, 0.5) is 14.5 Å². The molecule has 0 saturated carbocycles. The number of carbonyl (C=O) groups is 1. The zero-order chi connectivity index (χ0) is 27.7. The lowest BCUT2D eigenvalue weighted by atomic mass is 9.91. The second kappa shape index (κ2) is 12.8. The molecule has 0 spiro atoms. The Kier molecular flexibility index (Phi) is 9.06. The molecule has 0 radical (unpaired) electrons. The van der Waals surface area contributed by atoms with Gasteiger partial charge in [-0.1, -0.05) is 35.4 Å². The normalized spacial score (nSPS) is 16.1. The third kappa shape index (κ3) is 6.68. The van der Waals surface area contributed by atoms with Gasteiger partial charge in [-0.2, -0.15) is 0 Å². The minimum atomic E-state index is -1.48. The number of aliphatic hydroxyl groups is 1. The van der Waals surface area contributed by atoms with Crippen LogP contribution in [0.15, 0.2) is 76.8 Å². The van der Waals surface area contributed by atoms with E-state index >= 15 is 0 Å². The van der Waals surface area contributed by atoms with E-state index in [-0.39, 0.29) is 37.6 Å². The Bertz CT molecular complexity index is 1380. The van der Waals surface area contributed by atoms with Gasteiger partial charge in [0.1, 0.15) is 24.0 Å². The molecule has 3 N–H and O–H groups in total. The number of rotatable bonds is 12. The van der Waals surface area contributed by atoms with Crippen molar-refractivity contribution in [2.24, 2.45) is 10.1 Å². The van der Waals surface area contributed by atoms with Gasteiger partial charge in [-0.05, 0) is 47.5 Å². The summed E-state index contributed by atoms with van der Waals surface area (Å²) in [7, 11) is 0. The maximum Gasteiger partial charge on any atom is 0.266 e. The van der Waals surface area contributed by atoms with Crippen LogP contribution in [0.5, 0.6) is 5.75 Å². The fourth-order valence-corrected chi connectivity index (χ4v) is 3.98. The zero-order valence-electron chi connectivity index (χ0n) is 20.8. The number of ether oxygens (including phenoxy) is 2. The summed E-state index contributed by atoms with van der Waals surface area (Å²) in [6, 6.07) is 17.2. The molecule has 39 heavy (non-hydrogen) atoms. The molecule has 10 nitrogen and oxygen atoms in total. The standard InChI is InChI=1S/C27H26F2N6O4/c28-22-6-3-7-23(29)21(22)16-31-34-26(37)27(15-19-5-1-2-8-24(19)33-35-30)17-39-25(32-27)18-9-11-20(12-10-18)38-14-4-13-36/h1-3,5-12,31,36H,4,13-17H2,(H,34,37)/t27-/m0/s1. The number of halogens is 2. The lowest BCUT2D eigenvalue weighted by Gasteiger charge is -2.24. The van der Waals surface area contributed by atoms with Crippen LogP contribution in [-0.4, -0.2) is 42.3 Å². The topological polar surface area (TPSA) is 141 Å². The molecule has 0 unspecified atom stereocenters. The predicted octanol–water partition coefficient (Wildman–Crippen LogP) is 4.25. The molecule has 1 aliphatic heterocycles. The zero-order valence-corrected chi connectivity index (χ0v) is 20.8. The number of hydrazine groups is 1. The Labute approximate surface area is 222 Å². The molecule has 1 amide bonds. The summed E-state index contributed by atoms with van der Waals surface area (Å²) < 4.78 is 39.4. The van der Waals surface area contributed by atoms with Crippen LogP contribution >= 0.6 is 0 Å². The predicted molar refractivity (Wildman–Crippen MR) is 139 cm³/mol. The van der Waals surface area contributed by atoms with Crippen molar-refractivity contribution in [1.82, 2.24) is 10.9 Å². The molecule has 3 aromatic carbocycles. The highest BCUT2D eigenvalue weighted by Crippen LogP contribution is 2.31. The Morgan fingerprint density at radius 3 is 2.59 bits per heavy atom. The molecule has 0 saturated heterocycles. The van der Waals surface area contributed by atoms with E-state index in [9.17, 15) is 13.6 Å². The second-order valence-corrected chi connectivity index (χ2v) is 8.69. The van der Waals surface area contributed by atoms with Crippen LogP contribution in [-0.2, 0) is 22.5 Å². The molecule has 0 bridgehead atoms. The number of aliphatic hydroxyl groups excluding tert-OH is 1. The molecule has 1 atom stereocenters. The minimum Gasteiger partial charge on any atom is -0.494 e. The van der Waals surface area contributed by atoms with Crippen molar-refractivity contribution in [1.29, 1.82) is 0 Å². The average Bonchev–Trinajstić information content (AvgIpc) is 3.37. The lowest BCUT2D eigenvalue weighted by Crippen LogP contribution is -2.52. The Morgan fingerprint density at radius 2 is 1.87 bits per heavy atom. The highest BCUT2D eigenvalue weighted by Gasteiger charge is 2.45. The third-order valence-electron chi connectivity index (χ3n) is 6.01. The van der Waals surface area contributed by atoms with Gasteiger partial charge in [0, 0.05) is 47.7 Å². The number of aliphatic imine (C=N–C) groups is 1. The highest BCUT2D eigenvalue weighted by molar-refractivity contribution is 6.00. The molecule has 3 aromatic rings. The van der Waals surface area contributed by atoms with E-state index in [4.69, 9.17) is 20.1 Å². The molecule has 4 rings (SSSR count). The molecule has 202 valence electrons. The SMILES string of the molecule is [N-]=[N+]=Nc1ccccc1C[C@@]1(C(=O)NNCc2c(F)cccc2F)COC(c2ccc(OCCCO)cc2)=N1. The lowest BCUT2D eigenvalue weighted by molar-refractivity contribution is -0.127. The van der Waals surface area contributed by atoms with Crippen LogP contribution in [0.25, 0.3) is 10.4 Å². The van der Waals surface area contributed by atoms with E-state index in [1.807, 2.05) is 0 Å². The van der Waals surface area contributed by atoms with Crippen LogP contribution in [0, 0.1) is 11.6 Å². The third-order valence-corrected chi connectivity index (χ3v) is 6.01. The first-order valence-electron chi connectivity index (χ1n) is 12.1. The molecular weight excluding hydrogens is 510 g/mol. The van der Waals surface area contributed by atoms with Gasteiger partial charge in [-0.3, -0.25) is 10.2 Å². The average molecular weight is 537 g/mol. The summed E-state index contributed by atoms with van der Waals surface area (Å²) in [6.45, 7) is -0.0429. The number of nitrogens with zero attached hydrogens (tertiary/aromatic N) is 4. The highest BCUT2D eigenvalue weighted by atomic mass is 19.1. The van der Waals surface area contributed by atoms with E-state index in [1.54, 1.807) is 48.5 Å². The minimum absolute atomic E-state index is 0.0234. The van der Waals surface area contributed by atoms with Gasteiger partial charge < -0.3 is 14.6 Å². The second-order valence-electron chi connectivity index (χ2n) is 8.69. The first-order valence-corrected chi connectivity index (χ1v) is 12.1. The molecule has 1 aliphatic rings. The summed E-state index contributed by atoms with van der Waals surface area (Å²) >= 11 is 0. The number of benzene rings is 3. The summed E-state index contributed by atoms with van der Waals surface area (Å²) in [5.41, 5.74) is 13.8. The largest absolute Gasteiger partial charge is 0.494 e. The molecule has 1 heterocycles. The number of amides is 1. The Morgan fingerprint density at radius 1 is 1.13 bits per heavy atom. The smallest absolute Gasteiger partial charge is 0.266 e. The number of hydrogen-bond donors (Lipinski definition) is 3. The number of hydrogen-bond acceptors (Lipinski definition) is 7. The van der Waals surface area contributed by atoms with Gasteiger partial charge in [0.25, 0.3) is 5.91 Å². The molecular formula is C27H26F2N6O4. The summed E-state index contributed by atoms with van der Waals surface area (Å²) in [6.07, 6.45) is 0.528. The van der Waals surface area contributed by atoms with E-state index in [0.29, 0.717) is 35.6 Å². The van der Waals surface area contributed by atoms with Gasteiger partial charge in [-0.15, -0.1) is 0 Å². The van der Waals surface area contributed by atoms with Crippen molar-refractivity contribution in [3.63, 3.8) is 0 Å². The first-order chi connectivity index (χ1) is 19.0. The fourth-order valence-electron chi connectivity index (χ4n) is 3.98. The summed E-state index contributed by atoms with van der Waals surface area (Å²) in [4.78, 5) is 21.0. The van der Waals surface area contributed by atoms with Crippen molar-refractivity contribution in [2.75, 3.05) is 19.8 Å². The fraction of sp³-hybridized carbons (Fsp3) is 0.259. The number of nitrogens with one attached hydrogen (secondary N) is 2. The van der Waals surface area contributed by atoms with Crippen molar-refractivity contribution in [2.45, 2.75) is 24.9 Å². The monoisotopic (exact) mass is 536 g/mol. The molecule has 0 aliphatic carbocycles. The van der Waals surface area contributed by atoms with Crippen LogP contribution < -0.4 is 15.6 Å². The van der Waals surface area contributed by atoms with Crippen LogP contribution in [0.3, 0.4) is 0 Å². The van der Waals surface area contributed by atoms with Crippen LogP contribution in [0.2, 0.25) is 0 Å². The van der Waals surface area contributed by atoms with E-state index in [0.717, 1.165) is 12.1 Å². The van der Waals surface area contributed by atoms with E-state index < -0.39 is 23.1 Å². The van der Waals surface area contributed by atoms with Gasteiger partial charge in [0.2, 0.25) is 5.90 Å². The molecule has 12 heteroatoms. The summed E-state index contributed by atoms with van der Waals surface area (Å²) in [5, 5.41) is 12.6. The van der Waals surface area contributed by atoms with Crippen molar-refractivity contribution in [3.8, 4) is 5.75 Å². The maximum atomic E-state index is 14.0. The van der Waals surface area contributed by atoms with Gasteiger partial charge >= 0.3 is 0 Å². The van der Waals surface area contributed by atoms with Gasteiger partial charge in [-0.25, -0.2) is 19.2 Å². The Hall–Kier alpha value is -4.51. The quantitative estimate of drug-likeness (QED) is 0.104.